The highest BCUT2D eigenvalue weighted by Gasteiger charge is 2.70. The van der Waals surface area contributed by atoms with Crippen molar-refractivity contribution >= 4 is 49.3 Å². The van der Waals surface area contributed by atoms with E-state index in [0.717, 1.165) is 14.2 Å². The second-order valence-electron chi connectivity index (χ2n) is 16.8. The van der Waals surface area contributed by atoms with Crippen LogP contribution < -0.4 is 27.4 Å². The average Bonchev–Trinajstić information content (AvgIpc) is 3.68. The first-order valence-corrected chi connectivity index (χ1v) is 20.8. The van der Waals surface area contributed by atoms with Gasteiger partial charge in [-0.25, -0.2) is 14.5 Å². The van der Waals surface area contributed by atoms with Crippen LogP contribution in [0.4, 0.5) is 4.79 Å². The normalized spacial score (nSPS) is 18.8. The SMILES string of the molecule is COC(=O)[C@@H](NC(=O)[C@](N)(C(=O)C1([P+](=O)C(C)(NC(=O)[C@H](C)N(C(=O)OC(C)(C)C)C(=O)[C@H](C)NC(=O)[C@@](N)(CO)c2ccccc2)OC)CCCC1)C(C)C)C(C)C. The van der Waals surface area contributed by atoms with Crippen LogP contribution in [0.2, 0.25) is 0 Å². The van der Waals surface area contributed by atoms with Crippen molar-refractivity contribution in [2.24, 2.45) is 23.3 Å². The van der Waals surface area contributed by atoms with Gasteiger partial charge in [-0.05, 0) is 64.9 Å². The molecule has 1 saturated carbocycles. The molecule has 2 unspecified atom stereocenters. The molecule has 0 saturated heterocycles. The number of hydrogen-bond donors (Lipinski definition) is 6. The molecular formula is C40H64N6O12P+. The van der Waals surface area contributed by atoms with E-state index in [-0.39, 0.29) is 18.4 Å². The zero-order valence-corrected chi connectivity index (χ0v) is 37.2. The second-order valence-corrected chi connectivity index (χ2v) is 19.1. The van der Waals surface area contributed by atoms with E-state index in [1.54, 1.807) is 45.9 Å². The van der Waals surface area contributed by atoms with Gasteiger partial charge in [0.05, 0.1) is 13.7 Å². The van der Waals surface area contributed by atoms with E-state index in [1.165, 1.54) is 53.7 Å². The first-order chi connectivity index (χ1) is 27.1. The number of methoxy groups -OCH3 is 2. The number of ketones is 1. The lowest BCUT2D eigenvalue weighted by Crippen LogP contribution is -2.69. The molecule has 59 heavy (non-hydrogen) atoms. The van der Waals surface area contributed by atoms with Crippen molar-refractivity contribution in [3.8, 4) is 0 Å². The van der Waals surface area contributed by atoms with E-state index in [9.17, 15) is 43.2 Å². The van der Waals surface area contributed by atoms with Gasteiger partial charge in [0.15, 0.2) is 5.54 Å². The molecule has 1 aliphatic rings. The number of imide groups is 1. The molecule has 0 bridgehead atoms. The summed E-state index contributed by atoms with van der Waals surface area (Å²) in [7, 11) is -0.727. The number of aliphatic hydroxyl groups excluding tert-OH is 1. The molecule has 330 valence electrons. The van der Waals surface area contributed by atoms with Gasteiger partial charge in [-0.3, -0.25) is 29.3 Å². The lowest BCUT2D eigenvalue weighted by atomic mass is 9.76. The number of aliphatic hydroxyl groups is 1. The minimum absolute atomic E-state index is 0.00809. The molecule has 18 nitrogen and oxygen atoms in total. The van der Waals surface area contributed by atoms with Crippen molar-refractivity contribution < 1.29 is 57.4 Å². The summed E-state index contributed by atoms with van der Waals surface area (Å²) < 4.78 is 31.0. The summed E-state index contributed by atoms with van der Waals surface area (Å²) >= 11 is 0. The van der Waals surface area contributed by atoms with Crippen LogP contribution in [0.5, 0.6) is 0 Å². The quantitative estimate of drug-likeness (QED) is 0.0536. The maximum Gasteiger partial charge on any atom is 0.417 e. The Morgan fingerprint density at radius 2 is 1.42 bits per heavy atom. The van der Waals surface area contributed by atoms with Crippen molar-refractivity contribution in [1.29, 1.82) is 0 Å². The average molecular weight is 852 g/mol. The number of hydrogen-bond acceptors (Lipinski definition) is 14. The van der Waals surface area contributed by atoms with E-state index >= 15 is 0 Å². The predicted molar refractivity (Wildman–Crippen MR) is 217 cm³/mol. The second kappa shape index (κ2) is 19.8. The summed E-state index contributed by atoms with van der Waals surface area (Å²) in [6.45, 7) is 13.9. The van der Waals surface area contributed by atoms with Gasteiger partial charge in [0, 0.05) is 26.9 Å². The minimum atomic E-state index is -3.02. The van der Waals surface area contributed by atoms with Gasteiger partial charge in [-0.2, -0.15) is 0 Å². The molecule has 5 amide bonds. The Bertz CT molecular complexity index is 1750. The molecule has 0 aliphatic heterocycles. The maximum absolute atomic E-state index is 15.0. The number of nitrogens with zero attached hydrogens (tertiary/aromatic N) is 1. The predicted octanol–water partition coefficient (Wildman–Crippen LogP) is 2.30. The Kier molecular flexibility index (Phi) is 17.1. The monoisotopic (exact) mass is 851 g/mol. The smallest absolute Gasteiger partial charge is 0.417 e. The molecule has 1 aromatic carbocycles. The number of rotatable bonds is 18. The fourth-order valence-corrected chi connectivity index (χ4v) is 9.09. The fourth-order valence-electron chi connectivity index (χ4n) is 6.80. The number of amides is 5. The van der Waals surface area contributed by atoms with Crippen molar-refractivity contribution in [1.82, 2.24) is 20.9 Å². The number of ether oxygens (including phenoxy) is 3. The summed E-state index contributed by atoms with van der Waals surface area (Å²) in [6, 6.07) is 3.55. The van der Waals surface area contributed by atoms with E-state index < -0.39 is 113 Å². The molecule has 0 heterocycles. The number of carbonyl (C=O) groups excluding carboxylic acids is 7. The zero-order chi connectivity index (χ0) is 45.5. The highest BCUT2D eigenvalue weighted by Crippen LogP contribution is 2.59. The minimum Gasteiger partial charge on any atom is -0.467 e. The molecule has 1 aliphatic carbocycles. The number of benzene rings is 1. The molecule has 1 fully saturated rings. The molecule has 0 aromatic heterocycles. The third-order valence-corrected chi connectivity index (χ3v) is 13.2. The van der Waals surface area contributed by atoms with Gasteiger partial charge >= 0.3 is 25.3 Å². The molecular weight excluding hydrogens is 787 g/mol. The molecule has 0 spiro atoms. The van der Waals surface area contributed by atoms with Gasteiger partial charge in [-0.1, -0.05) is 62.6 Å². The summed E-state index contributed by atoms with van der Waals surface area (Å²) in [6.07, 6.45) is -0.413. The number of carbonyl (C=O) groups is 7. The lowest BCUT2D eigenvalue weighted by molar-refractivity contribution is -0.149. The third kappa shape index (κ3) is 10.9. The standard InChI is InChI=1S/C40H63N6O12P/c1-23(2)28(31(50)56-11)44-34(53)40(42,24(3)4)32(51)38(20-16-17-21-38)59(55)37(10,57-12)45-29(48)26(6)46(35(54)58-36(7,8)9)30(49)25(5)43-33(52)39(41,22-47)27-18-14-13-15-19-27/h13-15,18-19,23-26,28,47H,16-17,20-22,41-42H2,1-12H3,(H2-,43,44,45,48,52,53)/p+1/t25-,26-,28-,37?,39+,40+/m0/s1. The number of nitrogens with two attached hydrogens (primary N) is 2. The van der Waals surface area contributed by atoms with Gasteiger partial charge in [0.25, 0.3) is 5.91 Å². The van der Waals surface area contributed by atoms with E-state index in [2.05, 4.69) is 16.0 Å². The summed E-state index contributed by atoms with van der Waals surface area (Å²) in [5, 5.41) is 15.8. The molecule has 19 heteroatoms. The van der Waals surface area contributed by atoms with Crippen molar-refractivity contribution in [3.63, 3.8) is 0 Å². The van der Waals surface area contributed by atoms with E-state index in [4.69, 9.17) is 25.7 Å². The van der Waals surface area contributed by atoms with Crippen molar-refractivity contribution in [3.05, 3.63) is 35.9 Å². The number of Topliss-reactive ketones (excluding diaryl/α,β-unsaturated/α-hetero) is 1. The van der Waals surface area contributed by atoms with Crippen LogP contribution in [-0.4, -0.2) is 112 Å². The van der Waals surface area contributed by atoms with E-state index in [0.29, 0.717) is 17.7 Å². The highest BCUT2D eigenvalue weighted by atomic mass is 31.1. The largest absolute Gasteiger partial charge is 0.467 e. The maximum atomic E-state index is 15.0. The fraction of sp³-hybridized carbons (Fsp3) is 0.675. The lowest BCUT2D eigenvalue weighted by Gasteiger charge is -2.37. The van der Waals surface area contributed by atoms with Crippen LogP contribution >= 0.6 is 7.80 Å². The molecule has 8 N–H and O–H groups in total. The van der Waals surface area contributed by atoms with Crippen LogP contribution in [0.1, 0.15) is 100 Å². The van der Waals surface area contributed by atoms with Crippen LogP contribution in [0, 0.1) is 11.8 Å². The first kappa shape index (κ1) is 50.8. The Balaban J connectivity index is 2.56. The Morgan fingerprint density at radius 3 is 1.86 bits per heavy atom. The zero-order valence-electron chi connectivity index (χ0n) is 36.3. The number of nitrogens with one attached hydrogen (secondary N) is 3. The highest BCUT2D eigenvalue weighted by molar-refractivity contribution is 7.49. The van der Waals surface area contributed by atoms with Gasteiger partial charge in [0.1, 0.15) is 29.3 Å². The van der Waals surface area contributed by atoms with Crippen molar-refractivity contribution in [2.45, 2.75) is 140 Å². The molecule has 0 radical (unpaired) electrons. The topological polar surface area (TPSA) is 276 Å². The van der Waals surface area contributed by atoms with Crippen LogP contribution in [0.15, 0.2) is 30.3 Å². The molecule has 1 aromatic rings. The molecule has 7 atom stereocenters. The van der Waals surface area contributed by atoms with Crippen LogP contribution in [0.25, 0.3) is 0 Å². The summed E-state index contributed by atoms with van der Waals surface area (Å²) in [4.78, 5) is 97.1. The van der Waals surface area contributed by atoms with Gasteiger partial charge < -0.3 is 41.4 Å². The number of esters is 1. The first-order valence-electron chi connectivity index (χ1n) is 19.5. The molecule has 2 rings (SSSR count). The third-order valence-electron chi connectivity index (χ3n) is 10.7. The van der Waals surface area contributed by atoms with Gasteiger partial charge in [-0.15, -0.1) is 0 Å². The Labute approximate surface area is 347 Å². The Hall–Kier alpha value is -4.35. The van der Waals surface area contributed by atoms with Gasteiger partial charge in [0.2, 0.25) is 28.7 Å². The summed E-state index contributed by atoms with van der Waals surface area (Å²) in [5.74, 6) is -7.04. The Morgan fingerprint density at radius 1 is 0.881 bits per heavy atom. The van der Waals surface area contributed by atoms with E-state index in [1.807, 2.05) is 0 Å². The van der Waals surface area contributed by atoms with Crippen LogP contribution in [0.3, 0.4) is 0 Å². The van der Waals surface area contributed by atoms with Crippen LogP contribution in [-0.2, 0) is 53.1 Å². The summed E-state index contributed by atoms with van der Waals surface area (Å²) in [5.41, 5.74) is 5.66. The van der Waals surface area contributed by atoms with Crippen molar-refractivity contribution in [2.75, 3.05) is 20.8 Å².